The first-order valence-corrected chi connectivity index (χ1v) is 10.7. The maximum Gasteiger partial charge on any atom is 0.229 e. The van der Waals surface area contributed by atoms with Crippen molar-refractivity contribution < 1.29 is 13.5 Å². The van der Waals surface area contributed by atoms with Crippen LogP contribution in [0.5, 0.6) is 5.75 Å². The van der Waals surface area contributed by atoms with Crippen LogP contribution in [0.4, 0.5) is 20.4 Å². The summed E-state index contributed by atoms with van der Waals surface area (Å²) in [6, 6.07) is 3.09. The fraction of sp³-hybridized carbons (Fsp3) is 0.391. The Balaban J connectivity index is 1.97. The quantitative estimate of drug-likeness (QED) is 0.441. The highest BCUT2D eigenvalue weighted by Gasteiger charge is 2.25. The maximum absolute atomic E-state index is 14.9. The Morgan fingerprint density at radius 2 is 2.12 bits per heavy atom. The molecule has 9 heteroatoms. The predicted octanol–water partition coefficient (Wildman–Crippen LogP) is 4.31. The van der Waals surface area contributed by atoms with Crippen LogP contribution < -0.4 is 20.4 Å². The smallest absolute Gasteiger partial charge is 0.229 e. The minimum absolute atomic E-state index is 0.000558. The molecule has 1 aromatic carbocycles. The number of hydrazine groups is 1. The first-order chi connectivity index (χ1) is 15.3. The minimum Gasteiger partial charge on any atom is -0.486 e. The summed E-state index contributed by atoms with van der Waals surface area (Å²) >= 11 is 0. The van der Waals surface area contributed by atoms with E-state index in [0.717, 1.165) is 19.2 Å². The van der Waals surface area contributed by atoms with Crippen molar-refractivity contribution in [2.45, 2.75) is 33.2 Å². The van der Waals surface area contributed by atoms with E-state index in [1.165, 1.54) is 6.07 Å². The molecule has 32 heavy (non-hydrogen) atoms. The Morgan fingerprint density at radius 1 is 1.34 bits per heavy atom. The van der Waals surface area contributed by atoms with Gasteiger partial charge >= 0.3 is 0 Å². The highest BCUT2D eigenvalue weighted by atomic mass is 19.1. The van der Waals surface area contributed by atoms with Gasteiger partial charge in [-0.25, -0.2) is 24.2 Å². The molecule has 1 aromatic heterocycles. The number of benzene rings is 1. The Hall–Kier alpha value is -3.20. The summed E-state index contributed by atoms with van der Waals surface area (Å²) < 4.78 is 35.1. The second-order valence-corrected chi connectivity index (χ2v) is 7.71. The summed E-state index contributed by atoms with van der Waals surface area (Å²) in [7, 11) is 1.84. The van der Waals surface area contributed by atoms with Gasteiger partial charge in [-0.1, -0.05) is 19.6 Å². The van der Waals surface area contributed by atoms with Gasteiger partial charge in [0.2, 0.25) is 5.95 Å². The van der Waals surface area contributed by atoms with Gasteiger partial charge in [0.25, 0.3) is 0 Å². The first kappa shape index (κ1) is 23.5. The van der Waals surface area contributed by atoms with Crippen LogP contribution in [0.25, 0.3) is 11.3 Å². The number of fused-ring (bicyclic) bond motifs is 1. The molecule has 0 aliphatic carbocycles. The first-order valence-electron chi connectivity index (χ1n) is 10.7. The van der Waals surface area contributed by atoms with Crippen molar-refractivity contribution in [2.24, 2.45) is 0 Å². The van der Waals surface area contributed by atoms with Crippen LogP contribution >= 0.6 is 0 Å². The minimum atomic E-state index is -0.644. The summed E-state index contributed by atoms with van der Waals surface area (Å²) in [5.74, 6) is -0.210. The number of halogens is 2. The lowest BCUT2D eigenvalue weighted by Gasteiger charge is -2.34. The van der Waals surface area contributed by atoms with Gasteiger partial charge in [0.05, 0.1) is 18.4 Å². The van der Waals surface area contributed by atoms with E-state index in [0.29, 0.717) is 30.2 Å². The molecule has 2 N–H and O–H groups in total. The van der Waals surface area contributed by atoms with E-state index in [1.807, 2.05) is 25.8 Å². The zero-order chi connectivity index (χ0) is 23.3. The van der Waals surface area contributed by atoms with Crippen LogP contribution in [0.15, 0.2) is 42.9 Å². The number of nitrogens with one attached hydrogen (secondary N) is 2. The molecule has 0 unspecified atom stereocenters. The topological polar surface area (TPSA) is 65.5 Å². The molecule has 1 aliphatic rings. The molecule has 7 nitrogen and oxygen atoms in total. The van der Waals surface area contributed by atoms with E-state index in [9.17, 15) is 8.78 Å². The number of ether oxygens (including phenoxy) is 1. The second-order valence-electron chi connectivity index (χ2n) is 7.71. The molecule has 3 rings (SSSR count). The largest absolute Gasteiger partial charge is 0.486 e. The average molecular weight is 445 g/mol. The van der Waals surface area contributed by atoms with Crippen LogP contribution in [0.1, 0.15) is 27.2 Å². The lowest BCUT2D eigenvalue weighted by Crippen LogP contribution is -2.38. The molecule has 0 saturated heterocycles. The molecule has 0 amide bonds. The van der Waals surface area contributed by atoms with Gasteiger partial charge in [-0.15, -0.1) is 0 Å². The van der Waals surface area contributed by atoms with Crippen LogP contribution in [0.2, 0.25) is 0 Å². The van der Waals surface area contributed by atoms with Crippen molar-refractivity contribution in [1.29, 1.82) is 0 Å². The van der Waals surface area contributed by atoms with Gasteiger partial charge in [-0.2, -0.15) is 0 Å². The zero-order valence-corrected chi connectivity index (χ0v) is 19.0. The number of rotatable bonds is 9. The van der Waals surface area contributed by atoms with Gasteiger partial charge in [-0.3, -0.25) is 5.01 Å². The molecule has 2 aromatic rings. The van der Waals surface area contributed by atoms with E-state index in [4.69, 9.17) is 4.74 Å². The van der Waals surface area contributed by atoms with Crippen molar-refractivity contribution in [3.05, 3.63) is 54.5 Å². The van der Waals surface area contributed by atoms with Crippen LogP contribution in [-0.4, -0.2) is 47.8 Å². The zero-order valence-electron chi connectivity index (χ0n) is 19.0. The fourth-order valence-corrected chi connectivity index (χ4v) is 3.43. The molecular formula is C23H30F2N6O. The molecule has 0 spiro atoms. The van der Waals surface area contributed by atoms with Crippen molar-refractivity contribution in [1.82, 2.24) is 20.4 Å². The SMILES string of the molecule is C=C/C=C(/Nc1ncc(F)c(-c2cc(F)c3c(c2)N(C(C)C)CCO3)n1)N(C)NCCC. The van der Waals surface area contributed by atoms with Crippen LogP contribution in [0, 0.1) is 11.6 Å². The van der Waals surface area contributed by atoms with E-state index in [-0.39, 0.29) is 23.4 Å². The summed E-state index contributed by atoms with van der Waals surface area (Å²) in [4.78, 5) is 10.4. The van der Waals surface area contributed by atoms with Gasteiger partial charge in [0.15, 0.2) is 17.4 Å². The molecule has 0 atom stereocenters. The van der Waals surface area contributed by atoms with E-state index in [2.05, 4.69) is 34.2 Å². The number of nitrogens with zero attached hydrogens (tertiary/aromatic N) is 4. The Kier molecular flexibility index (Phi) is 7.63. The van der Waals surface area contributed by atoms with Gasteiger partial charge in [0, 0.05) is 25.2 Å². The summed E-state index contributed by atoms with van der Waals surface area (Å²) in [5, 5.41) is 4.84. The maximum atomic E-state index is 14.9. The Bertz CT molecular complexity index is 995. The van der Waals surface area contributed by atoms with E-state index in [1.54, 1.807) is 23.2 Å². The highest BCUT2D eigenvalue weighted by Crippen LogP contribution is 2.39. The standard InChI is InChI=1S/C23H30F2N6O/c1-6-8-20(30(5)27-9-7-2)28-23-26-14-18(25)21(29-23)16-12-17(24)22-19(13-16)31(15(3)4)10-11-32-22/h6,8,12-15,27H,1,7,9-11H2,2-5H3,(H,26,28,29)/b20-8-. The van der Waals surface area contributed by atoms with Crippen molar-refractivity contribution in [2.75, 3.05) is 37.0 Å². The van der Waals surface area contributed by atoms with E-state index >= 15 is 0 Å². The fourth-order valence-electron chi connectivity index (χ4n) is 3.43. The molecular weight excluding hydrogens is 414 g/mol. The third-order valence-electron chi connectivity index (χ3n) is 5.03. The molecule has 1 aliphatic heterocycles. The number of hydrogen-bond acceptors (Lipinski definition) is 7. The molecule has 0 fully saturated rings. The molecule has 172 valence electrons. The van der Waals surface area contributed by atoms with Gasteiger partial charge in [0.1, 0.15) is 18.1 Å². The van der Waals surface area contributed by atoms with Crippen LogP contribution in [0.3, 0.4) is 0 Å². The lowest BCUT2D eigenvalue weighted by molar-refractivity contribution is 0.287. The summed E-state index contributed by atoms with van der Waals surface area (Å²) in [5.41, 5.74) is 4.11. The van der Waals surface area contributed by atoms with Crippen molar-refractivity contribution in [3.63, 3.8) is 0 Å². The normalized spacial score (nSPS) is 13.6. The van der Waals surface area contributed by atoms with Crippen LogP contribution in [-0.2, 0) is 0 Å². The number of anilines is 2. The third kappa shape index (κ3) is 5.16. The van der Waals surface area contributed by atoms with Crippen molar-refractivity contribution >= 4 is 11.6 Å². The number of hydrogen-bond donors (Lipinski definition) is 2. The monoisotopic (exact) mass is 444 g/mol. The van der Waals surface area contributed by atoms with E-state index < -0.39 is 11.6 Å². The number of aromatic nitrogens is 2. The highest BCUT2D eigenvalue weighted by molar-refractivity contribution is 5.72. The lowest BCUT2D eigenvalue weighted by atomic mass is 10.1. The second kappa shape index (κ2) is 10.4. The molecule has 0 radical (unpaired) electrons. The Labute approximate surface area is 187 Å². The summed E-state index contributed by atoms with van der Waals surface area (Å²) in [6.45, 7) is 11.6. The molecule has 0 saturated carbocycles. The molecule has 0 bridgehead atoms. The predicted molar refractivity (Wildman–Crippen MR) is 123 cm³/mol. The van der Waals surface area contributed by atoms with Gasteiger partial charge in [-0.05, 0) is 38.5 Å². The van der Waals surface area contributed by atoms with Crippen molar-refractivity contribution in [3.8, 4) is 17.0 Å². The number of allylic oxidation sites excluding steroid dienone is 2. The van der Waals surface area contributed by atoms with Gasteiger partial charge < -0.3 is 15.0 Å². The summed E-state index contributed by atoms with van der Waals surface area (Å²) in [6.07, 6.45) is 5.38. The Morgan fingerprint density at radius 3 is 2.81 bits per heavy atom. The average Bonchev–Trinajstić information content (AvgIpc) is 2.77. The molecule has 2 heterocycles. The third-order valence-corrected chi connectivity index (χ3v) is 5.03.